The van der Waals surface area contributed by atoms with Crippen molar-refractivity contribution in [2.75, 3.05) is 26.2 Å². The zero-order valence-corrected chi connectivity index (χ0v) is 22.4. The Labute approximate surface area is 238 Å². The van der Waals surface area contributed by atoms with Gasteiger partial charge in [0.1, 0.15) is 23.0 Å². The van der Waals surface area contributed by atoms with Crippen LogP contribution in [0.5, 0.6) is 23.0 Å². The van der Waals surface area contributed by atoms with E-state index in [0.717, 1.165) is 4.74 Å². The Morgan fingerprint density at radius 3 is 1.17 bits per heavy atom. The van der Waals surface area contributed by atoms with Crippen molar-refractivity contribution in [3.63, 3.8) is 0 Å². The van der Waals surface area contributed by atoms with Gasteiger partial charge in [0.25, 0.3) is 0 Å². The highest BCUT2D eigenvalue weighted by Crippen LogP contribution is 2.15. The Kier molecular flexibility index (Phi) is 12.1. The summed E-state index contributed by atoms with van der Waals surface area (Å²) in [4.78, 5) is 12.5. The average molecular weight is 553 g/mol. The second-order valence-electron chi connectivity index (χ2n) is 8.61. The number of rotatable bonds is 10. The van der Waals surface area contributed by atoms with Gasteiger partial charge in [0.2, 0.25) is 0 Å². The van der Waals surface area contributed by atoms with E-state index in [2.05, 4.69) is 15.0 Å². The van der Waals surface area contributed by atoms with Gasteiger partial charge in [-0.3, -0.25) is 15.0 Å². The lowest BCUT2D eigenvalue weighted by Gasteiger charge is -2.03. The Bertz CT molecular complexity index is 1460. The lowest BCUT2D eigenvalue weighted by atomic mass is 10.2. The van der Waals surface area contributed by atoms with Crippen LogP contribution in [0.15, 0.2) is 112 Å². The van der Waals surface area contributed by atoms with E-state index in [4.69, 9.17) is 0 Å². The van der Waals surface area contributed by atoms with Gasteiger partial charge in [-0.25, -0.2) is 4.74 Å². The molecule has 4 aromatic carbocycles. The lowest BCUT2D eigenvalue weighted by molar-refractivity contribution is -0.449. The van der Waals surface area contributed by atoms with Gasteiger partial charge in [-0.05, 0) is 48.5 Å². The largest absolute Gasteiger partial charge is 0.624 e. The highest BCUT2D eigenvalue weighted by molar-refractivity contribution is 5.84. The fraction of sp³-hybridized carbons (Fsp3) is 0.125. The number of aromatic hydroxyl groups is 4. The first-order valence-corrected chi connectivity index (χ1v) is 12.8. The molecule has 4 rings (SSSR count). The van der Waals surface area contributed by atoms with Gasteiger partial charge < -0.3 is 25.6 Å². The van der Waals surface area contributed by atoms with E-state index in [0.29, 0.717) is 41.9 Å². The SMILES string of the molecule is Oc1ccccc1/C=N/CC/N=C/c1ccccc1O.[O-]/[N+](=C\c1ccccc1O)CC/N=C/c1ccccc1O. The summed E-state index contributed by atoms with van der Waals surface area (Å²) in [5.41, 5.74) is 2.46. The molecule has 0 aliphatic heterocycles. The van der Waals surface area contributed by atoms with Gasteiger partial charge in [-0.1, -0.05) is 48.5 Å². The molecule has 0 heterocycles. The van der Waals surface area contributed by atoms with Gasteiger partial charge in [0.15, 0.2) is 12.8 Å². The van der Waals surface area contributed by atoms with Crippen LogP contribution in [0, 0.1) is 5.21 Å². The van der Waals surface area contributed by atoms with Crippen molar-refractivity contribution in [1.29, 1.82) is 0 Å². The quantitative estimate of drug-likeness (QED) is 0.0736. The molecule has 4 N–H and O–H groups in total. The molecule has 0 saturated heterocycles. The van der Waals surface area contributed by atoms with E-state index in [9.17, 15) is 25.6 Å². The van der Waals surface area contributed by atoms with Gasteiger partial charge in [0.05, 0.1) is 25.2 Å². The molecule has 0 aromatic heterocycles. The van der Waals surface area contributed by atoms with E-state index in [-0.39, 0.29) is 29.5 Å². The molecule has 9 heteroatoms. The van der Waals surface area contributed by atoms with Crippen LogP contribution in [-0.2, 0) is 0 Å². The first kappa shape index (κ1) is 30.1. The van der Waals surface area contributed by atoms with Gasteiger partial charge in [-0.15, -0.1) is 0 Å². The number of benzene rings is 4. The first-order valence-electron chi connectivity index (χ1n) is 12.8. The predicted molar refractivity (Wildman–Crippen MR) is 163 cm³/mol. The molecule has 0 atom stereocenters. The molecular weight excluding hydrogens is 520 g/mol. The number of nitrogens with zero attached hydrogens (tertiary/aromatic N) is 4. The topological polar surface area (TPSA) is 144 Å². The number of hydrogen-bond donors (Lipinski definition) is 4. The zero-order valence-electron chi connectivity index (χ0n) is 22.4. The molecule has 0 aliphatic carbocycles. The number of aliphatic imine (C=N–C) groups is 3. The minimum absolute atomic E-state index is 0.0658. The molecule has 0 spiro atoms. The molecule has 0 saturated carbocycles. The Morgan fingerprint density at radius 2 is 0.805 bits per heavy atom. The summed E-state index contributed by atoms with van der Waals surface area (Å²) in [7, 11) is 0. The van der Waals surface area contributed by atoms with Gasteiger partial charge in [0, 0.05) is 35.3 Å². The van der Waals surface area contributed by atoms with E-state index < -0.39 is 0 Å². The van der Waals surface area contributed by atoms with Crippen molar-refractivity contribution >= 4 is 24.9 Å². The third kappa shape index (κ3) is 10.7. The second-order valence-corrected chi connectivity index (χ2v) is 8.61. The Hall–Kier alpha value is -5.44. The van der Waals surface area contributed by atoms with E-state index >= 15 is 0 Å². The highest BCUT2D eigenvalue weighted by atomic mass is 16.5. The van der Waals surface area contributed by atoms with Crippen molar-refractivity contribution in [2.24, 2.45) is 15.0 Å². The number of para-hydroxylation sites is 4. The molecule has 9 nitrogen and oxygen atoms in total. The third-order valence-electron chi connectivity index (χ3n) is 5.53. The van der Waals surface area contributed by atoms with E-state index in [1.165, 1.54) is 18.5 Å². The molecule has 0 aliphatic rings. The zero-order chi connectivity index (χ0) is 29.3. The minimum atomic E-state index is 0.0658. The monoisotopic (exact) mass is 552 g/mol. The smallest absolute Gasteiger partial charge is 0.185 e. The summed E-state index contributed by atoms with van der Waals surface area (Å²) < 4.78 is 0.719. The maximum absolute atomic E-state index is 11.7. The normalized spacial score (nSPS) is 11.7. The predicted octanol–water partition coefficient (Wildman–Crippen LogP) is 4.78. The van der Waals surface area contributed by atoms with Crippen molar-refractivity contribution in [3.8, 4) is 23.0 Å². The van der Waals surface area contributed by atoms with Crippen LogP contribution in [0.2, 0.25) is 0 Å². The maximum Gasteiger partial charge on any atom is 0.185 e. The van der Waals surface area contributed by atoms with Crippen LogP contribution < -0.4 is 0 Å². The molecule has 4 aromatic rings. The van der Waals surface area contributed by atoms with Crippen molar-refractivity contribution < 1.29 is 25.2 Å². The fourth-order valence-corrected chi connectivity index (χ4v) is 3.37. The molecule has 0 amide bonds. The van der Waals surface area contributed by atoms with Crippen LogP contribution >= 0.6 is 0 Å². The summed E-state index contributed by atoms with van der Waals surface area (Å²) in [6.07, 6.45) is 6.11. The number of hydroxylamine groups is 1. The third-order valence-corrected chi connectivity index (χ3v) is 5.53. The van der Waals surface area contributed by atoms with Crippen molar-refractivity contribution in [3.05, 3.63) is 125 Å². The van der Waals surface area contributed by atoms with Crippen LogP contribution in [0.4, 0.5) is 0 Å². The molecule has 0 fully saturated rings. The standard InChI is InChI=1S/C16H16N2O3.C16H16N2O2/c19-15-7-3-1-5-13(15)11-17-9-10-18(21)12-14-6-2-4-8-16(14)20;19-15-7-3-1-5-13(15)11-17-9-10-18-12-14-6-2-4-8-16(14)20/h1-8,11-12,19-20H,9-10H2;1-8,11-12,19-20H,9-10H2/b17-11+,18-12-;17-11+,18-12+. The summed E-state index contributed by atoms with van der Waals surface area (Å²) in [5.74, 6) is 0.653. The maximum atomic E-state index is 11.7. The molecule has 0 radical (unpaired) electrons. The van der Waals surface area contributed by atoms with E-state index in [1.807, 2.05) is 12.1 Å². The molecular formula is C32H32N4O5. The van der Waals surface area contributed by atoms with Gasteiger partial charge in [-0.2, -0.15) is 0 Å². The average Bonchev–Trinajstić information content (AvgIpc) is 2.97. The molecule has 0 unspecified atom stereocenters. The lowest BCUT2D eigenvalue weighted by Crippen LogP contribution is -2.10. The van der Waals surface area contributed by atoms with E-state index in [1.54, 1.807) is 91.3 Å². The second kappa shape index (κ2) is 16.5. The van der Waals surface area contributed by atoms with Crippen LogP contribution in [-0.4, -0.2) is 76.2 Å². The van der Waals surface area contributed by atoms with Gasteiger partial charge >= 0.3 is 0 Å². The van der Waals surface area contributed by atoms with Crippen molar-refractivity contribution in [2.45, 2.75) is 0 Å². The first-order chi connectivity index (χ1) is 19.9. The number of phenols is 4. The van der Waals surface area contributed by atoms with Crippen LogP contribution in [0.25, 0.3) is 0 Å². The summed E-state index contributed by atoms with van der Waals surface area (Å²) in [5, 5.41) is 49.9. The molecule has 41 heavy (non-hydrogen) atoms. The van der Waals surface area contributed by atoms with Crippen molar-refractivity contribution in [1.82, 2.24) is 0 Å². The molecule has 210 valence electrons. The Morgan fingerprint density at radius 1 is 0.488 bits per heavy atom. The van der Waals surface area contributed by atoms with Crippen LogP contribution in [0.3, 0.4) is 0 Å². The minimum Gasteiger partial charge on any atom is -0.624 e. The van der Waals surface area contributed by atoms with Crippen LogP contribution in [0.1, 0.15) is 22.3 Å². The Balaban J connectivity index is 0.000000226. The highest BCUT2D eigenvalue weighted by Gasteiger charge is 2.01. The number of phenolic OH excluding ortho intramolecular Hbond substituents is 4. The summed E-state index contributed by atoms with van der Waals surface area (Å²) in [6.45, 7) is 1.51. The number of hydrogen-bond acceptors (Lipinski definition) is 8. The molecule has 0 bridgehead atoms. The fourth-order valence-electron chi connectivity index (χ4n) is 3.37. The summed E-state index contributed by atoms with van der Waals surface area (Å²) >= 11 is 0. The summed E-state index contributed by atoms with van der Waals surface area (Å²) in [6, 6.07) is 27.5.